The molecular formula is C24H21N2+. The Bertz CT molecular complexity index is 1130. The van der Waals surface area contributed by atoms with Crippen LogP contribution in [0.15, 0.2) is 79.1 Å². The molecule has 0 spiro atoms. The smallest absolute Gasteiger partial charge is 0.221 e. The molecule has 0 amide bonds. The summed E-state index contributed by atoms with van der Waals surface area (Å²) in [4.78, 5) is 2.16. The molecule has 2 aromatic carbocycles. The van der Waals surface area contributed by atoms with Crippen LogP contribution in [0.25, 0.3) is 27.8 Å². The van der Waals surface area contributed by atoms with E-state index in [4.69, 9.17) is 0 Å². The average molecular weight is 337 g/mol. The molecule has 2 heteroatoms. The van der Waals surface area contributed by atoms with Crippen molar-refractivity contribution in [2.24, 2.45) is 0 Å². The first-order chi connectivity index (χ1) is 12.7. The van der Waals surface area contributed by atoms with Crippen molar-refractivity contribution >= 4 is 11.2 Å². The van der Waals surface area contributed by atoms with Crippen molar-refractivity contribution < 1.29 is 4.40 Å². The van der Waals surface area contributed by atoms with Crippen LogP contribution in [0.3, 0.4) is 0 Å². The van der Waals surface area contributed by atoms with Gasteiger partial charge in [-0.05, 0) is 16.7 Å². The van der Waals surface area contributed by atoms with Gasteiger partial charge < -0.3 is 4.90 Å². The van der Waals surface area contributed by atoms with Gasteiger partial charge in [0, 0.05) is 49.5 Å². The lowest BCUT2D eigenvalue weighted by molar-refractivity contribution is -0.511. The summed E-state index contributed by atoms with van der Waals surface area (Å²) >= 11 is 0. The molecular weight excluding hydrogens is 316 g/mol. The molecule has 0 atom stereocenters. The van der Waals surface area contributed by atoms with Gasteiger partial charge in [0.05, 0.1) is 5.56 Å². The Kier molecular flexibility index (Phi) is 3.32. The molecule has 26 heavy (non-hydrogen) atoms. The van der Waals surface area contributed by atoms with Crippen molar-refractivity contribution in [2.45, 2.75) is 6.42 Å². The standard InChI is InChI=1S/C24H21N2/c1-25(2)20-12-13-26-16-19-14-18-10-6-7-11-21(18)23(19)24(22(26)15-20)17-8-4-3-5-9-17/h3-13,15-16H,14H2,1-2H3/q+1. The number of benzene rings is 2. The number of fused-ring (bicyclic) bond motifs is 4. The third-order valence-electron chi connectivity index (χ3n) is 5.34. The molecule has 2 heterocycles. The van der Waals surface area contributed by atoms with Crippen molar-refractivity contribution in [2.75, 3.05) is 19.0 Å². The number of aromatic nitrogens is 1. The minimum Gasteiger partial charge on any atom is -0.377 e. The molecule has 0 aliphatic heterocycles. The van der Waals surface area contributed by atoms with E-state index in [2.05, 4.69) is 103 Å². The van der Waals surface area contributed by atoms with Crippen molar-refractivity contribution in [1.29, 1.82) is 0 Å². The van der Waals surface area contributed by atoms with Gasteiger partial charge in [0.15, 0.2) is 12.4 Å². The van der Waals surface area contributed by atoms with Gasteiger partial charge >= 0.3 is 0 Å². The summed E-state index contributed by atoms with van der Waals surface area (Å²) in [7, 11) is 4.19. The molecule has 4 aromatic rings. The zero-order chi connectivity index (χ0) is 17.7. The van der Waals surface area contributed by atoms with E-state index in [1.165, 1.54) is 44.6 Å². The van der Waals surface area contributed by atoms with Gasteiger partial charge in [-0.15, -0.1) is 0 Å². The van der Waals surface area contributed by atoms with Crippen LogP contribution in [0.2, 0.25) is 0 Å². The molecule has 126 valence electrons. The van der Waals surface area contributed by atoms with Crippen molar-refractivity contribution in [3.05, 3.63) is 90.3 Å². The Morgan fingerprint density at radius 2 is 1.58 bits per heavy atom. The highest BCUT2D eigenvalue weighted by Crippen LogP contribution is 2.43. The van der Waals surface area contributed by atoms with Crippen LogP contribution in [0.4, 0.5) is 5.69 Å². The summed E-state index contributed by atoms with van der Waals surface area (Å²) in [6.45, 7) is 0. The fourth-order valence-electron chi connectivity index (χ4n) is 4.08. The SMILES string of the molecule is CN(C)c1cc[n+]2cc3c(c(-c4ccccc4)c2c1)-c1ccccc1C3. The van der Waals surface area contributed by atoms with Crippen LogP contribution < -0.4 is 9.30 Å². The normalized spacial score (nSPS) is 12.1. The van der Waals surface area contributed by atoms with Gasteiger partial charge in [0.25, 0.3) is 0 Å². The number of hydrogen-bond donors (Lipinski definition) is 0. The summed E-state index contributed by atoms with van der Waals surface area (Å²) in [5.74, 6) is 0. The third-order valence-corrected chi connectivity index (χ3v) is 5.34. The average Bonchev–Trinajstić information content (AvgIpc) is 3.04. The van der Waals surface area contributed by atoms with Gasteiger partial charge in [0.1, 0.15) is 0 Å². The number of anilines is 1. The molecule has 1 aliphatic carbocycles. The Labute approximate surface area is 154 Å². The fourth-order valence-corrected chi connectivity index (χ4v) is 4.08. The van der Waals surface area contributed by atoms with Crippen molar-refractivity contribution in [3.63, 3.8) is 0 Å². The van der Waals surface area contributed by atoms with E-state index in [1.54, 1.807) is 0 Å². The lowest BCUT2D eigenvalue weighted by Gasteiger charge is -2.14. The predicted molar refractivity (Wildman–Crippen MR) is 108 cm³/mol. The van der Waals surface area contributed by atoms with Gasteiger partial charge in [-0.2, -0.15) is 4.40 Å². The summed E-state index contributed by atoms with van der Waals surface area (Å²) < 4.78 is 2.28. The third kappa shape index (κ3) is 2.22. The molecule has 0 radical (unpaired) electrons. The topological polar surface area (TPSA) is 7.34 Å². The molecule has 2 aromatic heterocycles. The minimum absolute atomic E-state index is 1.00. The zero-order valence-corrected chi connectivity index (χ0v) is 15.1. The number of pyridine rings is 2. The van der Waals surface area contributed by atoms with Crippen LogP contribution in [0, 0.1) is 0 Å². The molecule has 0 saturated heterocycles. The molecule has 5 rings (SSSR count). The molecule has 0 unspecified atom stereocenters. The van der Waals surface area contributed by atoms with Crippen LogP contribution in [-0.2, 0) is 6.42 Å². The molecule has 2 nitrogen and oxygen atoms in total. The molecule has 0 N–H and O–H groups in total. The second-order valence-corrected chi connectivity index (χ2v) is 7.18. The first kappa shape index (κ1) is 15.2. The lowest BCUT2D eigenvalue weighted by atomic mass is 9.94. The monoisotopic (exact) mass is 337 g/mol. The Hall–Kier alpha value is -3.13. The van der Waals surface area contributed by atoms with Crippen LogP contribution >= 0.6 is 0 Å². The minimum atomic E-state index is 1.00. The second kappa shape index (κ2) is 5.70. The van der Waals surface area contributed by atoms with E-state index in [1.807, 2.05) is 0 Å². The van der Waals surface area contributed by atoms with Crippen LogP contribution in [0.5, 0.6) is 0 Å². The Balaban J connectivity index is 1.92. The quantitative estimate of drug-likeness (QED) is 0.423. The molecule has 0 bridgehead atoms. The summed E-state index contributed by atoms with van der Waals surface area (Å²) in [5.41, 5.74) is 10.7. The fraction of sp³-hybridized carbons (Fsp3) is 0.125. The Morgan fingerprint density at radius 3 is 2.38 bits per heavy atom. The summed E-state index contributed by atoms with van der Waals surface area (Å²) in [5, 5.41) is 0. The molecule has 0 saturated carbocycles. The molecule has 1 aliphatic rings. The second-order valence-electron chi connectivity index (χ2n) is 7.18. The highest BCUT2D eigenvalue weighted by atomic mass is 15.1. The lowest BCUT2D eigenvalue weighted by Crippen LogP contribution is -2.24. The summed E-state index contributed by atoms with van der Waals surface area (Å²) in [6, 6.07) is 24.1. The van der Waals surface area contributed by atoms with Gasteiger partial charge in [-0.3, -0.25) is 0 Å². The first-order valence-corrected chi connectivity index (χ1v) is 9.04. The van der Waals surface area contributed by atoms with Crippen LogP contribution in [0.1, 0.15) is 11.1 Å². The first-order valence-electron chi connectivity index (χ1n) is 9.04. The van der Waals surface area contributed by atoms with Crippen molar-refractivity contribution in [1.82, 2.24) is 0 Å². The predicted octanol–water partition coefficient (Wildman–Crippen LogP) is 4.73. The zero-order valence-electron chi connectivity index (χ0n) is 15.1. The number of nitrogens with zero attached hydrogens (tertiary/aromatic N) is 2. The maximum atomic E-state index is 2.30. The number of hydrogen-bond acceptors (Lipinski definition) is 1. The maximum Gasteiger partial charge on any atom is 0.221 e. The largest absolute Gasteiger partial charge is 0.377 e. The van der Waals surface area contributed by atoms with Crippen LogP contribution in [-0.4, -0.2) is 14.1 Å². The van der Waals surface area contributed by atoms with E-state index >= 15 is 0 Å². The van der Waals surface area contributed by atoms with E-state index in [9.17, 15) is 0 Å². The van der Waals surface area contributed by atoms with Crippen molar-refractivity contribution in [3.8, 4) is 22.3 Å². The Morgan fingerprint density at radius 1 is 0.808 bits per heavy atom. The van der Waals surface area contributed by atoms with Gasteiger partial charge in [0.2, 0.25) is 5.52 Å². The maximum absolute atomic E-state index is 2.30. The van der Waals surface area contributed by atoms with E-state index in [-0.39, 0.29) is 0 Å². The highest BCUT2D eigenvalue weighted by Gasteiger charge is 2.28. The summed E-state index contributed by atoms with van der Waals surface area (Å²) in [6.07, 6.45) is 5.49. The highest BCUT2D eigenvalue weighted by molar-refractivity contribution is 5.96. The van der Waals surface area contributed by atoms with E-state index in [0.717, 1.165) is 6.42 Å². The number of rotatable bonds is 2. The van der Waals surface area contributed by atoms with E-state index < -0.39 is 0 Å². The molecule has 0 fully saturated rings. The van der Waals surface area contributed by atoms with E-state index in [0.29, 0.717) is 0 Å². The van der Waals surface area contributed by atoms with Gasteiger partial charge in [-0.1, -0.05) is 54.6 Å². The van der Waals surface area contributed by atoms with Gasteiger partial charge in [-0.25, -0.2) is 0 Å².